The van der Waals surface area contributed by atoms with E-state index in [1.54, 1.807) is 0 Å². The molecule has 1 aliphatic rings. The average molecular weight is 298 g/mol. The predicted octanol–water partition coefficient (Wildman–Crippen LogP) is 4.15. The third-order valence-corrected chi connectivity index (χ3v) is 5.31. The number of aryl methyl sites for hydroxylation is 1. The van der Waals surface area contributed by atoms with Crippen LogP contribution in [0.4, 0.5) is 0 Å². The lowest BCUT2D eigenvalue weighted by Gasteiger charge is -2.24. The molecule has 0 spiro atoms. The molecule has 110 valence electrons. The molecule has 1 aliphatic heterocycles. The third kappa shape index (κ3) is 3.30. The maximum absolute atomic E-state index is 4.38. The van der Waals surface area contributed by atoms with E-state index < -0.39 is 0 Å². The van der Waals surface area contributed by atoms with Gasteiger partial charge in [-0.05, 0) is 49.1 Å². The Balaban J connectivity index is 1.84. The topological polar surface area (TPSA) is 24.9 Å². The Labute approximate surface area is 131 Å². The summed E-state index contributed by atoms with van der Waals surface area (Å²) in [6, 6.07) is 11.4. The zero-order valence-electron chi connectivity index (χ0n) is 12.7. The van der Waals surface area contributed by atoms with Gasteiger partial charge in [0, 0.05) is 28.6 Å². The number of rotatable bonds is 5. The number of hydrogen-bond donors (Lipinski definition) is 1. The molecule has 2 atom stereocenters. The number of nitrogens with one attached hydrogen (secondary N) is 1. The fraction of sp³-hybridized carbons (Fsp3) is 0.389. The zero-order chi connectivity index (χ0) is 14.7. The van der Waals surface area contributed by atoms with E-state index in [4.69, 9.17) is 0 Å². The standard InChI is InChI=1S/C18H22N2S/c1-3-8-20-18(15-9-13(2)11-19-12-15)17-10-14-6-4-5-7-16(14)21-17/h4-7,9,11-12,17-18,20H,3,8,10H2,1-2H3. The van der Waals surface area contributed by atoms with E-state index in [0.29, 0.717) is 11.3 Å². The molecule has 0 bridgehead atoms. The van der Waals surface area contributed by atoms with Crippen LogP contribution in [0.2, 0.25) is 0 Å². The minimum atomic E-state index is 0.370. The Morgan fingerprint density at radius 3 is 2.95 bits per heavy atom. The highest BCUT2D eigenvalue weighted by Gasteiger charge is 2.30. The van der Waals surface area contributed by atoms with Crippen molar-refractivity contribution in [3.05, 3.63) is 59.4 Å². The molecule has 0 radical (unpaired) electrons. The normalized spacial score (nSPS) is 18.5. The van der Waals surface area contributed by atoms with Crippen molar-refractivity contribution in [3.63, 3.8) is 0 Å². The average Bonchev–Trinajstić information content (AvgIpc) is 2.91. The number of thioether (sulfide) groups is 1. The van der Waals surface area contributed by atoms with E-state index in [1.807, 2.05) is 24.2 Å². The van der Waals surface area contributed by atoms with Crippen LogP contribution in [-0.4, -0.2) is 16.8 Å². The second-order valence-electron chi connectivity index (χ2n) is 5.70. The summed E-state index contributed by atoms with van der Waals surface area (Å²) >= 11 is 2.01. The molecule has 0 fully saturated rings. The highest BCUT2D eigenvalue weighted by Crippen LogP contribution is 2.42. The van der Waals surface area contributed by atoms with Crippen molar-refractivity contribution >= 4 is 11.8 Å². The van der Waals surface area contributed by atoms with Crippen LogP contribution in [0.1, 0.15) is 36.1 Å². The summed E-state index contributed by atoms with van der Waals surface area (Å²) in [6.45, 7) is 5.38. The summed E-state index contributed by atoms with van der Waals surface area (Å²) < 4.78 is 0. The summed E-state index contributed by atoms with van der Waals surface area (Å²) in [5, 5.41) is 4.28. The van der Waals surface area contributed by atoms with E-state index in [2.05, 4.69) is 54.5 Å². The van der Waals surface area contributed by atoms with Crippen LogP contribution in [0.15, 0.2) is 47.6 Å². The fourth-order valence-corrected chi connectivity index (χ4v) is 4.35. The van der Waals surface area contributed by atoms with Gasteiger partial charge in [0.25, 0.3) is 0 Å². The van der Waals surface area contributed by atoms with Gasteiger partial charge < -0.3 is 5.32 Å². The van der Waals surface area contributed by atoms with E-state index in [-0.39, 0.29) is 0 Å². The molecule has 3 rings (SSSR count). The molecule has 1 aromatic heterocycles. The number of hydrogen-bond acceptors (Lipinski definition) is 3. The van der Waals surface area contributed by atoms with Crippen molar-refractivity contribution in [2.45, 2.75) is 42.9 Å². The minimum Gasteiger partial charge on any atom is -0.309 e. The summed E-state index contributed by atoms with van der Waals surface area (Å²) in [5.41, 5.74) is 4.03. The van der Waals surface area contributed by atoms with Crippen LogP contribution in [0.3, 0.4) is 0 Å². The maximum atomic E-state index is 4.38. The van der Waals surface area contributed by atoms with Crippen molar-refractivity contribution in [3.8, 4) is 0 Å². The smallest absolute Gasteiger partial charge is 0.0462 e. The number of nitrogens with zero attached hydrogens (tertiary/aromatic N) is 1. The predicted molar refractivity (Wildman–Crippen MR) is 89.8 cm³/mol. The van der Waals surface area contributed by atoms with Crippen LogP contribution in [0, 0.1) is 6.92 Å². The van der Waals surface area contributed by atoms with E-state index in [9.17, 15) is 0 Å². The lowest BCUT2D eigenvalue weighted by molar-refractivity contribution is 0.512. The summed E-state index contributed by atoms with van der Waals surface area (Å²) in [4.78, 5) is 5.82. The molecule has 2 unspecified atom stereocenters. The van der Waals surface area contributed by atoms with Crippen molar-refractivity contribution in [1.29, 1.82) is 0 Å². The molecule has 0 aliphatic carbocycles. The van der Waals surface area contributed by atoms with E-state index in [0.717, 1.165) is 19.4 Å². The van der Waals surface area contributed by atoms with Crippen molar-refractivity contribution in [2.24, 2.45) is 0 Å². The highest BCUT2D eigenvalue weighted by atomic mass is 32.2. The lowest BCUT2D eigenvalue weighted by atomic mass is 9.99. The molecule has 0 saturated carbocycles. The Kier molecular flexibility index (Phi) is 4.61. The fourth-order valence-electron chi connectivity index (χ4n) is 2.91. The second-order valence-corrected chi connectivity index (χ2v) is 6.98. The summed E-state index contributed by atoms with van der Waals surface area (Å²) in [6.07, 6.45) is 6.23. The SMILES string of the molecule is CCCNC(c1cncc(C)c1)C1Cc2ccccc2S1. The highest BCUT2D eigenvalue weighted by molar-refractivity contribution is 8.00. The van der Waals surface area contributed by atoms with Crippen molar-refractivity contribution in [2.75, 3.05) is 6.54 Å². The number of pyridine rings is 1. The first kappa shape index (κ1) is 14.6. The van der Waals surface area contributed by atoms with Gasteiger partial charge in [-0.1, -0.05) is 31.2 Å². The van der Waals surface area contributed by atoms with Gasteiger partial charge in [-0.15, -0.1) is 11.8 Å². The summed E-state index contributed by atoms with van der Waals surface area (Å²) in [7, 11) is 0. The largest absolute Gasteiger partial charge is 0.309 e. The molecule has 0 amide bonds. The molecule has 2 aromatic rings. The summed E-state index contributed by atoms with van der Waals surface area (Å²) in [5.74, 6) is 0. The van der Waals surface area contributed by atoms with Crippen LogP contribution >= 0.6 is 11.8 Å². The quantitative estimate of drug-likeness (QED) is 0.897. The minimum absolute atomic E-state index is 0.370. The molecule has 0 saturated heterocycles. The molecule has 3 heteroatoms. The van der Waals surface area contributed by atoms with Gasteiger partial charge in [-0.3, -0.25) is 4.98 Å². The van der Waals surface area contributed by atoms with Gasteiger partial charge in [-0.2, -0.15) is 0 Å². The Morgan fingerprint density at radius 1 is 1.33 bits per heavy atom. The second kappa shape index (κ2) is 6.63. The van der Waals surface area contributed by atoms with Crippen molar-refractivity contribution < 1.29 is 0 Å². The molecular formula is C18H22N2S. The van der Waals surface area contributed by atoms with E-state index in [1.165, 1.54) is 21.6 Å². The van der Waals surface area contributed by atoms with Crippen LogP contribution in [0.25, 0.3) is 0 Å². The van der Waals surface area contributed by atoms with Crippen molar-refractivity contribution in [1.82, 2.24) is 10.3 Å². The molecule has 1 aromatic carbocycles. The first-order chi connectivity index (χ1) is 10.3. The molecular weight excluding hydrogens is 276 g/mol. The van der Waals surface area contributed by atoms with Crippen LogP contribution < -0.4 is 5.32 Å². The monoisotopic (exact) mass is 298 g/mol. The molecule has 1 N–H and O–H groups in total. The Hall–Kier alpha value is -1.32. The van der Waals surface area contributed by atoms with Gasteiger partial charge in [0.2, 0.25) is 0 Å². The van der Waals surface area contributed by atoms with E-state index >= 15 is 0 Å². The Bertz CT molecular complexity index is 587. The number of benzene rings is 1. The van der Waals surface area contributed by atoms with Crippen LogP contribution in [0.5, 0.6) is 0 Å². The first-order valence-corrected chi connectivity index (χ1v) is 8.55. The zero-order valence-corrected chi connectivity index (χ0v) is 13.5. The molecule has 21 heavy (non-hydrogen) atoms. The lowest BCUT2D eigenvalue weighted by Crippen LogP contribution is -2.30. The number of fused-ring (bicyclic) bond motifs is 1. The third-order valence-electron chi connectivity index (χ3n) is 3.91. The van der Waals surface area contributed by atoms with Crippen LogP contribution in [-0.2, 0) is 6.42 Å². The number of aromatic nitrogens is 1. The van der Waals surface area contributed by atoms with Gasteiger partial charge in [0.05, 0.1) is 0 Å². The van der Waals surface area contributed by atoms with Gasteiger partial charge >= 0.3 is 0 Å². The molecule has 2 heterocycles. The van der Waals surface area contributed by atoms with Gasteiger partial charge in [-0.25, -0.2) is 0 Å². The Morgan fingerprint density at radius 2 is 2.19 bits per heavy atom. The van der Waals surface area contributed by atoms with Gasteiger partial charge in [0.1, 0.15) is 0 Å². The van der Waals surface area contributed by atoms with Gasteiger partial charge in [0.15, 0.2) is 0 Å². The first-order valence-electron chi connectivity index (χ1n) is 7.67. The molecule has 2 nitrogen and oxygen atoms in total. The maximum Gasteiger partial charge on any atom is 0.0462 e.